The molecule has 5 aliphatic heterocycles. The molecule has 1 aliphatic carbocycles. The van der Waals surface area contributed by atoms with Crippen molar-refractivity contribution in [1.82, 2.24) is 14.8 Å². The lowest BCUT2D eigenvalue weighted by Gasteiger charge is -2.69. The van der Waals surface area contributed by atoms with Gasteiger partial charge in [-0.3, -0.25) is 19.4 Å². The van der Waals surface area contributed by atoms with Gasteiger partial charge in [0.1, 0.15) is 11.2 Å². The van der Waals surface area contributed by atoms with Crippen LogP contribution in [-0.4, -0.2) is 122 Å². The molecule has 6 heterocycles. The van der Waals surface area contributed by atoms with Crippen molar-refractivity contribution in [2.75, 3.05) is 59.5 Å². The van der Waals surface area contributed by atoms with Crippen molar-refractivity contribution in [2.45, 2.75) is 107 Å². The van der Waals surface area contributed by atoms with Crippen molar-refractivity contribution in [3.05, 3.63) is 70.4 Å². The quantitative estimate of drug-likeness (QED) is 0.171. The lowest BCUT2D eigenvalue weighted by atomic mass is 9.41. The number of nitrogens with zero attached hydrogens (tertiary/aromatic N) is 3. The van der Waals surface area contributed by atoms with Gasteiger partial charge in [-0.2, -0.15) is 0 Å². The average molecular weight is 845 g/mol. The average Bonchev–Trinajstić information content (AvgIpc) is 3.82. The molecule has 61 heavy (non-hydrogen) atoms. The first-order valence-corrected chi connectivity index (χ1v) is 21.5. The molecule has 2 N–H and O–H groups in total. The highest BCUT2D eigenvalue weighted by molar-refractivity contribution is 5.95. The predicted octanol–water partition coefficient (Wildman–Crippen LogP) is 5.78. The number of aromatic nitrogens is 1. The summed E-state index contributed by atoms with van der Waals surface area (Å²) in [7, 11) is 5.95. The summed E-state index contributed by atoms with van der Waals surface area (Å²) in [4.78, 5) is 52.9. The number of hydrogen-bond acceptors (Lipinski definition) is 11. The Labute approximate surface area is 355 Å². The molecule has 328 valence electrons. The zero-order valence-electron chi connectivity index (χ0n) is 36.6. The van der Waals surface area contributed by atoms with Crippen LogP contribution in [0.15, 0.2) is 42.5 Å². The number of benzene rings is 2. The molecule has 6 aliphatic rings. The van der Waals surface area contributed by atoms with E-state index in [-0.39, 0.29) is 25.3 Å². The number of nitrogens with one attached hydrogen (secondary N) is 1. The van der Waals surface area contributed by atoms with Crippen LogP contribution in [-0.2, 0) is 46.0 Å². The van der Waals surface area contributed by atoms with Crippen molar-refractivity contribution in [3.63, 3.8) is 0 Å². The number of ether oxygens (including phenoxy) is 4. The number of aromatic amines is 1. The number of carbonyl (C=O) groups excluding carboxylic acids is 3. The topological polar surface area (TPSA) is 134 Å². The minimum Gasteiger partial charge on any atom is -0.496 e. The molecule has 10 atom stereocenters. The third-order valence-electron chi connectivity index (χ3n) is 16.4. The number of aryl methyl sites for hydroxylation is 1. The number of alkyl halides is 2. The first kappa shape index (κ1) is 41.8. The monoisotopic (exact) mass is 844 g/mol. The molecule has 0 radical (unpaired) electrons. The van der Waals surface area contributed by atoms with Crippen molar-refractivity contribution < 1.29 is 47.2 Å². The number of esters is 3. The van der Waals surface area contributed by atoms with E-state index in [9.17, 15) is 14.7 Å². The van der Waals surface area contributed by atoms with Gasteiger partial charge < -0.3 is 33.9 Å². The summed E-state index contributed by atoms with van der Waals surface area (Å²) in [5.74, 6) is -5.97. The Hall–Kier alpha value is -4.53. The van der Waals surface area contributed by atoms with Crippen LogP contribution in [0.4, 0.5) is 14.5 Å². The van der Waals surface area contributed by atoms with Crippen LogP contribution in [0.1, 0.15) is 81.3 Å². The second kappa shape index (κ2) is 13.7. The number of halogens is 2. The number of likely N-dealkylation sites (N-methyl/N-ethyl adjacent to an activating group) is 1. The maximum atomic E-state index is 15.4. The molecular weight excluding hydrogens is 787 g/mol. The van der Waals surface area contributed by atoms with E-state index < -0.39 is 69.3 Å². The number of rotatable bonds is 7. The van der Waals surface area contributed by atoms with Crippen molar-refractivity contribution in [3.8, 4) is 5.75 Å². The molecule has 1 spiro atoms. The molecule has 14 heteroatoms. The largest absolute Gasteiger partial charge is 0.496 e. The summed E-state index contributed by atoms with van der Waals surface area (Å²) >= 11 is 0. The molecule has 1 aromatic heterocycles. The Morgan fingerprint density at radius 3 is 2.44 bits per heavy atom. The third-order valence-corrected chi connectivity index (χ3v) is 16.4. The van der Waals surface area contributed by atoms with Crippen LogP contribution < -0.4 is 9.64 Å². The van der Waals surface area contributed by atoms with E-state index >= 15 is 13.6 Å². The smallest absolute Gasteiger partial charge is 0.344 e. The van der Waals surface area contributed by atoms with Crippen molar-refractivity contribution >= 4 is 34.5 Å². The number of piperidine rings is 1. The summed E-state index contributed by atoms with van der Waals surface area (Å²) in [5.41, 5.74) is -1.69. The van der Waals surface area contributed by atoms with Crippen molar-refractivity contribution in [1.29, 1.82) is 0 Å². The summed E-state index contributed by atoms with van der Waals surface area (Å²) in [6, 6.07) is 8.96. The van der Waals surface area contributed by atoms with E-state index in [4.69, 9.17) is 18.9 Å². The van der Waals surface area contributed by atoms with E-state index in [0.29, 0.717) is 61.7 Å². The molecule has 3 fully saturated rings. The van der Waals surface area contributed by atoms with Crippen LogP contribution in [0.5, 0.6) is 5.75 Å². The standard InChI is InChI=1S/C47H58F2N4O8/c1-10-44-14-11-16-53-17-15-46(43(44,53)5)32-20-33(36(58-7)21-35(32)51(6)38(46)47(57,41(56)60-9)39(44)61-27(3)54)45(40(55)59-8)22-28-19-29(42(4,48)49)24-52(23-28)25-31-30-18-26(2)12-13-34(30)50-37(31)45/h11-14,18,20-21,28-29,38-39,50,57H,10,15-17,19,22-25H2,1-9H3/t28-,29?,38-,39-,43+,44+,45+,46+,47+/m1/s1. The summed E-state index contributed by atoms with van der Waals surface area (Å²) in [5, 5.41) is 14.3. The Morgan fingerprint density at radius 1 is 1.05 bits per heavy atom. The van der Waals surface area contributed by atoms with Crippen molar-refractivity contribution in [2.24, 2.45) is 17.3 Å². The fourth-order valence-corrected chi connectivity index (χ4v) is 14.0. The summed E-state index contributed by atoms with van der Waals surface area (Å²) in [6.07, 6.45) is 3.96. The Morgan fingerprint density at radius 2 is 1.79 bits per heavy atom. The minimum atomic E-state index is -2.95. The number of aliphatic hydroxyl groups is 1. The van der Waals surface area contributed by atoms with E-state index in [1.807, 2.05) is 62.2 Å². The van der Waals surface area contributed by atoms with Crippen LogP contribution in [0, 0.1) is 24.2 Å². The number of anilines is 1. The number of methoxy groups -OCH3 is 3. The molecule has 1 saturated carbocycles. The Bertz CT molecular complexity index is 2380. The van der Waals surface area contributed by atoms with Gasteiger partial charge in [-0.15, -0.1) is 0 Å². The van der Waals surface area contributed by atoms with Crippen LogP contribution in [0.3, 0.4) is 0 Å². The molecule has 0 amide bonds. The molecular formula is C47H58F2N4O8. The zero-order valence-corrected chi connectivity index (χ0v) is 36.6. The van der Waals surface area contributed by atoms with Gasteiger partial charge in [-0.1, -0.05) is 30.7 Å². The minimum absolute atomic E-state index is 0.147. The Kier molecular flexibility index (Phi) is 9.41. The highest BCUT2D eigenvalue weighted by atomic mass is 19.3. The summed E-state index contributed by atoms with van der Waals surface area (Å²) in [6.45, 7) is 10.7. The second-order valence-electron chi connectivity index (χ2n) is 19.0. The predicted molar refractivity (Wildman–Crippen MR) is 224 cm³/mol. The Balaban J connectivity index is 1.38. The van der Waals surface area contributed by atoms with Gasteiger partial charge in [0.05, 0.1) is 27.4 Å². The first-order chi connectivity index (χ1) is 28.8. The lowest BCUT2D eigenvalue weighted by molar-refractivity contribution is -0.244. The van der Waals surface area contributed by atoms with Crippen LogP contribution in [0.25, 0.3) is 10.9 Å². The maximum Gasteiger partial charge on any atom is 0.344 e. The highest BCUT2D eigenvalue weighted by Crippen LogP contribution is 2.73. The van der Waals surface area contributed by atoms with Gasteiger partial charge in [0.15, 0.2) is 6.10 Å². The zero-order chi connectivity index (χ0) is 43.8. The molecule has 9 rings (SSSR count). The van der Waals surface area contributed by atoms with E-state index in [1.165, 1.54) is 21.1 Å². The maximum absolute atomic E-state index is 15.4. The van der Waals surface area contributed by atoms with Gasteiger partial charge >= 0.3 is 17.9 Å². The molecule has 2 aromatic carbocycles. The van der Waals surface area contributed by atoms with E-state index in [2.05, 4.69) is 27.8 Å². The molecule has 2 unspecified atom stereocenters. The van der Waals surface area contributed by atoms with Gasteiger partial charge in [-0.25, -0.2) is 13.6 Å². The fraction of sp³-hybridized carbons (Fsp3) is 0.596. The number of carbonyl (C=O) groups is 3. The normalized spacial score (nSPS) is 36.3. The first-order valence-electron chi connectivity index (χ1n) is 21.5. The second-order valence-corrected chi connectivity index (χ2v) is 19.0. The van der Waals surface area contributed by atoms with Crippen LogP contribution >= 0.6 is 0 Å². The lowest BCUT2D eigenvalue weighted by Crippen LogP contribution is -2.85. The molecule has 3 aromatic rings. The van der Waals surface area contributed by atoms with Gasteiger partial charge in [0.2, 0.25) is 11.5 Å². The van der Waals surface area contributed by atoms with E-state index in [1.54, 1.807) is 7.11 Å². The fourth-order valence-electron chi connectivity index (χ4n) is 14.0. The third kappa shape index (κ3) is 5.15. The SMILES string of the molecule is CC[C@]12C=CCN3CC[C@@]4(c5cc([C@@]6(C(=O)OC)C[C@H]7CC(C(C)(F)F)CN(Cc8c6[nH]c6ccc(C)cc86)C7)c(OC)cc5N(C)[C@H]4[C@@](O)(C(=O)OC)[C@@H]1OC(C)=O)[C@@]32C. The number of fused-ring (bicyclic) bond motifs is 6. The van der Waals surface area contributed by atoms with Crippen LogP contribution in [0.2, 0.25) is 0 Å². The number of hydrogen-bond donors (Lipinski definition) is 2. The van der Waals surface area contributed by atoms with Gasteiger partial charge in [-0.05, 0) is 81.7 Å². The molecule has 12 nitrogen and oxygen atoms in total. The van der Waals surface area contributed by atoms with E-state index in [0.717, 1.165) is 34.5 Å². The highest BCUT2D eigenvalue weighted by Gasteiger charge is 2.84. The van der Waals surface area contributed by atoms with Gasteiger partial charge in [0, 0.05) is 103 Å². The molecule has 2 bridgehead atoms. The summed E-state index contributed by atoms with van der Waals surface area (Å²) < 4.78 is 54.7. The van der Waals surface area contributed by atoms with Gasteiger partial charge in [0.25, 0.3) is 0 Å². The number of H-pyrrole nitrogens is 1. The molecule has 2 saturated heterocycles.